The summed E-state index contributed by atoms with van der Waals surface area (Å²) in [4.78, 5) is 26.2. The molecule has 2 fully saturated rings. The second-order valence-electron chi connectivity index (χ2n) is 6.10. The Labute approximate surface area is 120 Å². The predicted octanol–water partition coefficient (Wildman–Crippen LogP) is 2.29. The molecule has 0 aromatic carbocycles. The van der Waals surface area contributed by atoms with Crippen LogP contribution in [0, 0.1) is 11.8 Å². The molecular formula is C16H23NO3. The first-order chi connectivity index (χ1) is 9.74. The van der Waals surface area contributed by atoms with Crippen LogP contribution in [0.3, 0.4) is 0 Å². The molecular weight excluding hydrogens is 254 g/mol. The van der Waals surface area contributed by atoms with E-state index in [0.29, 0.717) is 6.54 Å². The van der Waals surface area contributed by atoms with Crippen LogP contribution in [0.5, 0.6) is 0 Å². The first kappa shape index (κ1) is 13.8. The molecule has 20 heavy (non-hydrogen) atoms. The molecule has 110 valence electrons. The molecule has 0 spiro atoms. The van der Waals surface area contributed by atoms with Gasteiger partial charge in [0.1, 0.15) is 0 Å². The molecule has 4 nitrogen and oxygen atoms in total. The molecule has 3 heterocycles. The fraction of sp³-hybridized carbons (Fsp3) is 0.750. The lowest BCUT2D eigenvalue weighted by molar-refractivity contribution is -0.142. The maximum absolute atomic E-state index is 12.3. The van der Waals surface area contributed by atoms with Crippen LogP contribution in [-0.2, 0) is 14.3 Å². The Balaban J connectivity index is 1.49. The Morgan fingerprint density at radius 2 is 1.50 bits per heavy atom. The van der Waals surface area contributed by atoms with E-state index in [2.05, 4.69) is 6.92 Å². The highest BCUT2D eigenvalue weighted by atomic mass is 16.5. The molecule has 0 saturated carbocycles. The van der Waals surface area contributed by atoms with Gasteiger partial charge in [-0.1, -0.05) is 51.2 Å². The average Bonchev–Trinajstić information content (AvgIpc) is 3.11. The number of carbonyl (C=O) groups excluding carboxylic acids is 2. The molecule has 0 aromatic heterocycles. The standard InChI is InChI=1S/C16H23NO3/c1-2-3-4-5-6-7-10-17-15(18)13-11-8-9-12(20-11)14(13)16(17)19/h8-9,11-14H,2-7,10H2,1H3. The number of rotatable bonds is 7. The SMILES string of the molecule is CCCCCCCCN1C(=O)C2C3C=CC(O3)C2C1=O. The summed E-state index contributed by atoms with van der Waals surface area (Å²) >= 11 is 0. The largest absolute Gasteiger partial charge is 0.365 e. The number of hydrogen-bond acceptors (Lipinski definition) is 3. The van der Waals surface area contributed by atoms with Gasteiger partial charge in [0.25, 0.3) is 0 Å². The van der Waals surface area contributed by atoms with E-state index in [0.717, 1.165) is 12.8 Å². The third-order valence-electron chi connectivity index (χ3n) is 4.74. The van der Waals surface area contributed by atoms with Gasteiger partial charge < -0.3 is 4.74 Å². The Bertz CT molecular complexity index is 401. The van der Waals surface area contributed by atoms with Crippen molar-refractivity contribution in [2.75, 3.05) is 6.54 Å². The number of likely N-dealkylation sites (tertiary alicyclic amines) is 1. The van der Waals surface area contributed by atoms with E-state index in [1.807, 2.05) is 12.2 Å². The van der Waals surface area contributed by atoms with Crippen molar-refractivity contribution in [2.24, 2.45) is 11.8 Å². The van der Waals surface area contributed by atoms with Gasteiger partial charge in [-0.05, 0) is 6.42 Å². The van der Waals surface area contributed by atoms with E-state index in [1.165, 1.54) is 30.6 Å². The number of unbranched alkanes of at least 4 members (excludes halogenated alkanes) is 5. The van der Waals surface area contributed by atoms with Gasteiger partial charge >= 0.3 is 0 Å². The molecule has 3 aliphatic heterocycles. The summed E-state index contributed by atoms with van der Waals surface area (Å²) < 4.78 is 5.62. The van der Waals surface area contributed by atoms with Crippen LogP contribution in [0.25, 0.3) is 0 Å². The van der Waals surface area contributed by atoms with E-state index in [-0.39, 0.29) is 35.9 Å². The third-order valence-corrected chi connectivity index (χ3v) is 4.74. The van der Waals surface area contributed by atoms with E-state index < -0.39 is 0 Å². The van der Waals surface area contributed by atoms with E-state index in [9.17, 15) is 9.59 Å². The van der Waals surface area contributed by atoms with Gasteiger partial charge in [-0.2, -0.15) is 0 Å². The van der Waals surface area contributed by atoms with Gasteiger partial charge in [-0.25, -0.2) is 0 Å². The Morgan fingerprint density at radius 3 is 2.10 bits per heavy atom. The van der Waals surface area contributed by atoms with Crippen LogP contribution in [0.4, 0.5) is 0 Å². The van der Waals surface area contributed by atoms with Gasteiger partial charge in [0.15, 0.2) is 0 Å². The lowest BCUT2D eigenvalue weighted by Crippen LogP contribution is -2.35. The first-order valence-electron chi connectivity index (χ1n) is 7.93. The van der Waals surface area contributed by atoms with E-state index in [1.54, 1.807) is 0 Å². The molecule has 0 N–H and O–H groups in total. The molecule has 3 rings (SSSR count). The maximum Gasteiger partial charge on any atom is 0.236 e. The van der Waals surface area contributed by atoms with Gasteiger partial charge in [0, 0.05) is 6.54 Å². The molecule has 4 heteroatoms. The zero-order chi connectivity index (χ0) is 14.1. The second kappa shape index (κ2) is 5.68. The highest BCUT2D eigenvalue weighted by Gasteiger charge is 2.60. The molecule has 2 amide bonds. The lowest BCUT2D eigenvalue weighted by atomic mass is 9.85. The van der Waals surface area contributed by atoms with Crippen molar-refractivity contribution in [3.63, 3.8) is 0 Å². The van der Waals surface area contributed by atoms with Crippen molar-refractivity contribution in [3.8, 4) is 0 Å². The number of hydrogen-bond donors (Lipinski definition) is 0. The van der Waals surface area contributed by atoms with Crippen molar-refractivity contribution >= 4 is 11.8 Å². The Kier molecular flexibility index (Phi) is 3.92. The molecule has 0 aromatic rings. The first-order valence-corrected chi connectivity index (χ1v) is 7.93. The number of fused-ring (bicyclic) bond motifs is 5. The monoisotopic (exact) mass is 277 g/mol. The zero-order valence-electron chi connectivity index (χ0n) is 12.1. The summed E-state index contributed by atoms with van der Waals surface area (Å²) in [5.41, 5.74) is 0. The molecule has 0 radical (unpaired) electrons. The van der Waals surface area contributed by atoms with Crippen molar-refractivity contribution in [1.29, 1.82) is 0 Å². The van der Waals surface area contributed by atoms with Crippen LogP contribution >= 0.6 is 0 Å². The number of imide groups is 1. The number of ether oxygens (including phenoxy) is 1. The maximum atomic E-state index is 12.3. The molecule has 3 aliphatic rings. The summed E-state index contributed by atoms with van der Waals surface area (Å²) in [6, 6.07) is 0. The number of carbonyl (C=O) groups is 2. The molecule has 2 saturated heterocycles. The second-order valence-corrected chi connectivity index (χ2v) is 6.10. The minimum Gasteiger partial charge on any atom is -0.365 e. The van der Waals surface area contributed by atoms with Gasteiger partial charge in [0.2, 0.25) is 11.8 Å². The normalized spacial score (nSPS) is 34.4. The van der Waals surface area contributed by atoms with Crippen molar-refractivity contribution in [2.45, 2.75) is 57.7 Å². The average molecular weight is 277 g/mol. The highest BCUT2D eigenvalue weighted by molar-refractivity contribution is 6.06. The summed E-state index contributed by atoms with van der Waals surface area (Å²) in [7, 11) is 0. The quantitative estimate of drug-likeness (QED) is 0.407. The lowest BCUT2D eigenvalue weighted by Gasteiger charge is -2.17. The molecule has 2 bridgehead atoms. The van der Waals surface area contributed by atoms with Gasteiger partial charge in [-0.15, -0.1) is 0 Å². The van der Waals surface area contributed by atoms with E-state index in [4.69, 9.17) is 4.74 Å². The highest BCUT2D eigenvalue weighted by Crippen LogP contribution is 2.45. The van der Waals surface area contributed by atoms with Gasteiger partial charge in [-0.3, -0.25) is 14.5 Å². The van der Waals surface area contributed by atoms with Crippen LogP contribution < -0.4 is 0 Å². The third kappa shape index (κ3) is 2.20. The van der Waals surface area contributed by atoms with Crippen LogP contribution in [0.2, 0.25) is 0 Å². The minimum atomic E-state index is -0.238. The van der Waals surface area contributed by atoms with Crippen LogP contribution in [-0.4, -0.2) is 35.5 Å². The predicted molar refractivity (Wildman–Crippen MR) is 74.9 cm³/mol. The molecule has 4 unspecified atom stereocenters. The number of nitrogens with zero attached hydrogens (tertiary/aromatic N) is 1. The Morgan fingerprint density at radius 1 is 0.950 bits per heavy atom. The van der Waals surface area contributed by atoms with Gasteiger partial charge in [0.05, 0.1) is 24.0 Å². The van der Waals surface area contributed by atoms with Crippen molar-refractivity contribution in [3.05, 3.63) is 12.2 Å². The number of amides is 2. The van der Waals surface area contributed by atoms with E-state index >= 15 is 0 Å². The summed E-state index contributed by atoms with van der Waals surface area (Å²) in [5, 5.41) is 0. The summed E-state index contributed by atoms with van der Waals surface area (Å²) in [6.45, 7) is 2.79. The van der Waals surface area contributed by atoms with Crippen LogP contribution in [0.1, 0.15) is 45.4 Å². The van der Waals surface area contributed by atoms with Crippen LogP contribution in [0.15, 0.2) is 12.2 Å². The minimum absolute atomic E-state index is 0.00888. The Hall–Kier alpha value is -1.16. The topological polar surface area (TPSA) is 46.6 Å². The van der Waals surface area contributed by atoms with Crippen molar-refractivity contribution < 1.29 is 14.3 Å². The smallest absolute Gasteiger partial charge is 0.236 e. The molecule has 4 atom stereocenters. The van der Waals surface area contributed by atoms with Crippen molar-refractivity contribution in [1.82, 2.24) is 4.90 Å². The summed E-state index contributed by atoms with van der Waals surface area (Å²) in [5.74, 6) is -0.494. The summed E-state index contributed by atoms with van der Waals surface area (Å²) in [6.07, 6.45) is 10.6. The zero-order valence-corrected chi connectivity index (χ0v) is 12.1. The fourth-order valence-corrected chi connectivity index (χ4v) is 3.64. The molecule has 0 aliphatic carbocycles. The fourth-order valence-electron chi connectivity index (χ4n) is 3.64.